The van der Waals surface area contributed by atoms with Crippen molar-refractivity contribution in [1.82, 2.24) is 9.54 Å². The van der Waals surface area contributed by atoms with Crippen LogP contribution >= 0.6 is 8.35 Å². The van der Waals surface area contributed by atoms with Crippen LogP contribution in [0.3, 0.4) is 0 Å². The summed E-state index contributed by atoms with van der Waals surface area (Å²) in [6.45, 7) is 0. The number of hydrogen-bond acceptors (Lipinski definition) is 1. The van der Waals surface area contributed by atoms with E-state index in [0.29, 0.717) is 0 Å². The predicted molar refractivity (Wildman–Crippen MR) is 37.7 cm³/mol. The SMILES string of the molecule is Cn1nc2c(p1)CCC2. The molecule has 0 saturated heterocycles. The van der Waals surface area contributed by atoms with E-state index in [0.717, 1.165) is 0 Å². The number of fused-ring (bicyclic) bond motifs is 1. The minimum atomic E-state index is 1.21. The quantitative estimate of drug-likeness (QED) is 0.533. The molecular weight excluding hydrogens is 131 g/mol. The summed E-state index contributed by atoms with van der Waals surface area (Å²) >= 11 is 0. The van der Waals surface area contributed by atoms with Gasteiger partial charge in [-0.1, -0.05) is 0 Å². The summed E-state index contributed by atoms with van der Waals surface area (Å²) in [5.74, 6) is 0. The molecule has 9 heavy (non-hydrogen) atoms. The number of rotatable bonds is 0. The molecule has 0 atom stereocenters. The fourth-order valence-electron chi connectivity index (χ4n) is 1.30. The molecule has 1 aliphatic carbocycles. The highest BCUT2D eigenvalue weighted by molar-refractivity contribution is 7.26. The Hall–Kier alpha value is -0.360. The maximum atomic E-state index is 4.35. The molecule has 0 fully saturated rings. The number of aromatic nitrogens is 2. The number of aryl methyl sites for hydroxylation is 3. The average Bonchev–Trinajstić information content (AvgIpc) is 2.22. The van der Waals surface area contributed by atoms with Crippen LogP contribution in [-0.2, 0) is 19.9 Å². The molecular formula is C6H9N2P. The Labute approximate surface area is 56.0 Å². The summed E-state index contributed by atoms with van der Waals surface area (Å²) < 4.78 is 2.00. The zero-order valence-corrected chi connectivity index (χ0v) is 6.36. The summed E-state index contributed by atoms with van der Waals surface area (Å²) in [4.78, 5) is 0. The summed E-state index contributed by atoms with van der Waals surface area (Å²) in [7, 11) is 3.35. The minimum absolute atomic E-state index is 1.21. The normalized spacial score (nSPS) is 17.0. The maximum absolute atomic E-state index is 4.35. The minimum Gasteiger partial charge on any atom is -0.250 e. The topological polar surface area (TPSA) is 17.8 Å². The van der Waals surface area contributed by atoms with Gasteiger partial charge in [0.1, 0.15) is 0 Å². The first kappa shape index (κ1) is 5.43. The number of hydrogen-bond donors (Lipinski definition) is 0. The third-order valence-corrected chi connectivity index (χ3v) is 2.79. The van der Waals surface area contributed by atoms with Gasteiger partial charge in [-0.15, -0.1) is 0 Å². The molecule has 0 radical (unpaired) electrons. The molecule has 1 aromatic heterocycles. The van der Waals surface area contributed by atoms with Crippen molar-refractivity contribution in [2.75, 3.05) is 0 Å². The molecule has 1 aliphatic rings. The van der Waals surface area contributed by atoms with Crippen LogP contribution in [-0.4, -0.2) is 9.54 Å². The van der Waals surface area contributed by atoms with Crippen LogP contribution in [0.15, 0.2) is 0 Å². The second-order valence-corrected chi connectivity index (χ2v) is 3.76. The molecule has 1 heterocycles. The fourth-order valence-corrected chi connectivity index (χ4v) is 2.33. The molecule has 0 N–H and O–H groups in total. The number of nitrogens with zero attached hydrogens (tertiary/aromatic N) is 2. The van der Waals surface area contributed by atoms with Gasteiger partial charge >= 0.3 is 0 Å². The van der Waals surface area contributed by atoms with E-state index in [-0.39, 0.29) is 0 Å². The third-order valence-electron chi connectivity index (χ3n) is 1.69. The van der Waals surface area contributed by atoms with Crippen LogP contribution in [0, 0.1) is 0 Å². The van der Waals surface area contributed by atoms with Crippen LogP contribution in [0.2, 0.25) is 0 Å². The Morgan fingerprint density at radius 2 is 2.44 bits per heavy atom. The third kappa shape index (κ3) is 0.781. The first-order chi connectivity index (χ1) is 4.36. The summed E-state index contributed by atoms with van der Waals surface area (Å²) in [6, 6.07) is 0. The molecule has 0 bridgehead atoms. The highest BCUT2D eigenvalue weighted by Crippen LogP contribution is 2.26. The van der Waals surface area contributed by atoms with Crippen molar-refractivity contribution in [3.8, 4) is 0 Å². The first-order valence-electron chi connectivity index (χ1n) is 3.25. The zero-order chi connectivity index (χ0) is 6.27. The van der Waals surface area contributed by atoms with E-state index >= 15 is 0 Å². The van der Waals surface area contributed by atoms with Gasteiger partial charge in [0, 0.05) is 20.7 Å². The van der Waals surface area contributed by atoms with Crippen molar-refractivity contribution in [2.24, 2.45) is 7.05 Å². The lowest BCUT2D eigenvalue weighted by atomic mass is 10.4. The molecule has 0 unspecified atom stereocenters. The summed E-state index contributed by atoms with van der Waals surface area (Å²) in [5.41, 5.74) is 1.36. The molecule has 1 aromatic rings. The Morgan fingerprint density at radius 3 is 3.22 bits per heavy atom. The maximum Gasteiger partial charge on any atom is 0.0705 e. The lowest BCUT2D eigenvalue weighted by molar-refractivity contribution is 0.789. The molecule has 0 spiro atoms. The molecule has 0 aromatic carbocycles. The van der Waals surface area contributed by atoms with Crippen LogP contribution in [0.25, 0.3) is 0 Å². The average molecular weight is 140 g/mol. The van der Waals surface area contributed by atoms with Gasteiger partial charge in [0.05, 0.1) is 5.69 Å². The monoisotopic (exact) mass is 140 g/mol. The van der Waals surface area contributed by atoms with Gasteiger partial charge in [-0.3, -0.25) is 0 Å². The van der Waals surface area contributed by atoms with E-state index in [1.807, 2.05) is 11.5 Å². The largest absolute Gasteiger partial charge is 0.250 e. The van der Waals surface area contributed by atoms with Gasteiger partial charge in [-0.2, -0.15) is 5.10 Å². The van der Waals surface area contributed by atoms with E-state index in [4.69, 9.17) is 0 Å². The van der Waals surface area contributed by atoms with E-state index in [2.05, 4.69) is 5.10 Å². The molecule has 2 nitrogen and oxygen atoms in total. The zero-order valence-electron chi connectivity index (χ0n) is 5.46. The van der Waals surface area contributed by atoms with Crippen molar-refractivity contribution in [2.45, 2.75) is 19.3 Å². The Balaban J connectivity index is 2.51. The van der Waals surface area contributed by atoms with Gasteiger partial charge in [-0.25, -0.2) is 4.44 Å². The van der Waals surface area contributed by atoms with E-state index in [1.165, 1.54) is 33.3 Å². The molecule has 0 saturated carbocycles. The first-order valence-corrected chi connectivity index (χ1v) is 4.10. The standard InChI is InChI=1S/C6H9N2P/c1-8-7-5-3-2-4-6(5)9-8/h2-4H2,1H3. The summed E-state index contributed by atoms with van der Waals surface area (Å²) in [6.07, 6.45) is 3.83. The molecule has 48 valence electrons. The predicted octanol–water partition coefficient (Wildman–Crippen LogP) is 1.49. The molecule has 0 aliphatic heterocycles. The Morgan fingerprint density at radius 1 is 1.56 bits per heavy atom. The van der Waals surface area contributed by atoms with E-state index < -0.39 is 0 Å². The summed E-state index contributed by atoms with van der Waals surface area (Å²) in [5, 5.41) is 5.90. The van der Waals surface area contributed by atoms with Crippen LogP contribution < -0.4 is 0 Å². The Bertz CT molecular complexity index is 207. The van der Waals surface area contributed by atoms with Crippen molar-refractivity contribution in [3.63, 3.8) is 0 Å². The lowest BCUT2D eigenvalue weighted by Gasteiger charge is -1.84. The highest BCUT2D eigenvalue weighted by atomic mass is 31.0. The van der Waals surface area contributed by atoms with Crippen molar-refractivity contribution in [1.29, 1.82) is 0 Å². The van der Waals surface area contributed by atoms with Gasteiger partial charge < -0.3 is 0 Å². The molecule has 3 heteroatoms. The van der Waals surface area contributed by atoms with Gasteiger partial charge in [-0.05, 0) is 19.3 Å². The van der Waals surface area contributed by atoms with Crippen molar-refractivity contribution < 1.29 is 0 Å². The van der Waals surface area contributed by atoms with Crippen LogP contribution in [0.5, 0.6) is 0 Å². The van der Waals surface area contributed by atoms with Crippen molar-refractivity contribution in [3.05, 3.63) is 11.0 Å². The van der Waals surface area contributed by atoms with Crippen molar-refractivity contribution >= 4 is 8.35 Å². The van der Waals surface area contributed by atoms with Gasteiger partial charge in [0.2, 0.25) is 0 Å². The van der Waals surface area contributed by atoms with E-state index in [9.17, 15) is 0 Å². The Kier molecular flexibility index (Phi) is 1.09. The van der Waals surface area contributed by atoms with E-state index in [1.54, 1.807) is 5.30 Å². The molecule has 2 rings (SSSR count). The lowest BCUT2D eigenvalue weighted by Crippen LogP contribution is -1.86. The molecule has 0 amide bonds. The van der Waals surface area contributed by atoms with Crippen LogP contribution in [0.1, 0.15) is 17.4 Å². The highest BCUT2D eigenvalue weighted by Gasteiger charge is 2.13. The second kappa shape index (κ2) is 1.81. The smallest absolute Gasteiger partial charge is 0.0705 e. The second-order valence-electron chi connectivity index (χ2n) is 2.44. The van der Waals surface area contributed by atoms with Gasteiger partial charge in [0.25, 0.3) is 0 Å². The fraction of sp³-hybridized carbons (Fsp3) is 0.667. The van der Waals surface area contributed by atoms with Gasteiger partial charge in [0.15, 0.2) is 0 Å². The van der Waals surface area contributed by atoms with Crippen LogP contribution in [0.4, 0.5) is 0 Å².